The first-order valence-corrected chi connectivity index (χ1v) is 5.41. The van der Waals surface area contributed by atoms with Crippen LogP contribution in [0.15, 0.2) is 22.7 Å². The van der Waals surface area contributed by atoms with Gasteiger partial charge in [0.1, 0.15) is 0 Å². The molecule has 1 N–H and O–H groups in total. The topological polar surface area (TPSA) is 12.0 Å². The molecule has 0 saturated heterocycles. The third-order valence-corrected chi connectivity index (χ3v) is 2.97. The molecule has 1 nitrogen and oxygen atoms in total. The van der Waals surface area contributed by atoms with Crippen LogP contribution in [0.1, 0.15) is 30.5 Å². The van der Waals surface area contributed by atoms with Gasteiger partial charge >= 0.3 is 0 Å². The van der Waals surface area contributed by atoms with Gasteiger partial charge in [0.05, 0.1) is 0 Å². The Hall–Kier alpha value is -0.340. The predicted molar refractivity (Wildman–Crippen MR) is 61.0 cm³/mol. The summed E-state index contributed by atoms with van der Waals surface area (Å²) in [7, 11) is 2.00. The Balaban J connectivity index is 2.99. The molecule has 0 fully saturated rings. The quantitative estimate of drug-likeness (QED) is 0.856. The molecule has 0 saturated carbocycles. The van der Waals surface area contributed by atoms with E-state index in [2.05, 4.69) is 53.3 Å². The Bertz CT molecular complexity index is 279. The van der Waals surface area contributed by atoms with Crippen molar-refractivity contribution < 1.29 is 0 Å². The van der Waals surface area contributed by atoms with Crippen LogP contribution in [0, 0.1) is 6.92 Å². The number of halogens is 1. The van der Waals surface area contributed by atoms with Crippen LogP contribution in [0.5, 0.6) is 0 Å². The Kier molecular flexibility index (Phi) is 3.94. The van der Waals surface area contributed by atoms with E-state index in [0.29, 0.717) is 6.04 Å². The van der Waals surface area contributed by atoms with Crippen LogP contribution < -0.4 is 5.32 Å². The van der Waals surface area contributed by atoms with Crippen molar-refractivity contribution in [2.75, 3.05) is 7.05 Å². The zero-order chi connectivity index (χ0) is 9.84. The van der Waals surface area contributed by atoms with Crippen LogP contribution in [0.4, 0.5) is 0 Å². The third kappa shape index (κ3) is 2.55. The van der Waals surface area contributed by atoms with E-state index in [1.165, 1.54) is 15.6 Å². The van der Waals surface area contributed by atoms with Crippen molar-refractivity contribution in [1.29, 1.82) is 0 Å². The fourth-order valence-electron chi connectivity index (χ4n) is 1.49. The van der Waals surface area contributed by atoms with E-state index >= 15 is 0 Å². The van der Waals surface area contributed by atoms with Crippen molar-refractivity contribution in [2.24, 2.45) is 0 Å². The fraction of sp³-hybridized carbons (Fsp3) is 0.455. The molecule has 0 aromatic heterocycles. The Morgan fingerprint density at radius 3 is 2.62 bits per heavy atom. The lowest BCUT2D eigenvalue weighted by atomic mass is 10.0. The molecule has 0 heterocycles. The predicted octanol–water partition coefficient (Wildman–Crippen LogP) is 3.43. The summed E-state index contributed by atoms with van der Waals surface area (Å²) < 4.78 is 1.20. The minimum atomic E-state index is 0.454. The highest BCUT2D eigenvalue weighted by Crippen LogP contribution is 2.26. The molecule has 0 aliphatic carbocycles. The highest BCUT2D eigenvalue weighted by molar-refractivity contribution is 9.10. The number of rotatable bonds is 3. The molecule has 0 spiro atoms. The molecule has 1 aromatic carbocycles. The van der Waals surface area contributed by atoms with Crippen molar-refractivity contribution in [2.45, 2.75) is 26.3 Å². The normalized spacial score (nSPS) is 12.9. The fourth-order valence-corrected chi connectivity index (χ4v) is 2.26. The average molecular weight is 242 g/mol. The number of hydrogen-bond donors (Lipinski definition) is 1. The molecule has 0 aliphatic heterocycles. The lowest BCUT2D eigenvalue weighted by Gasteiger charge is -2.16. The van der Waals surface area contributed by atoms with E-state index in [1.54, 1.807) is 0 Å². The van der Waals surface area contributed by atoms with Crippen LogP contribution in [-0.2, 0) is 0 Å². The van der Waals surface area contributed by atoms with Gasteiger partial charge in [0.15, 0.2) is 0 Å². The van der Waals surface area contributed by atoms with E-state index in [0.717, 1.165) is 6.42 Å². The van der Waals surface area contributed by atoms with E-state index in [4.69, 9.17) is 0 Å². The number of nitrogens with one attached hydrogen (secondary N) is 1. The van der Waals surface area contributed by atoms with Gasteiger partial charge in [-0.3, -0.25) is 0 Å². The second kappa shape index (κ2) is 4.77. The van der Waals surface area contributed by atoms with E-state index in [9.17, 15) is 0 Å². The molecular formula is C11H16BrN. The molecule has 1 atom stereocenters. The molecule has 1 aromatic rings. The maximum absolute atomic E-state index is 3.59. The number of benzene rings is 1. The maximum Gasteiger partial charge on any atom is 0.0326 e. The van der Waals surface area contributed by atoms with Crippen molar-refractivity contribution in [1.82, 2.24) is 5.32 Å². The first-order chi connectivity index (χ1) is 6.19. The SMILES string of the molecule is CCC(NC)c1ccc(C)cc1Br. The highest BCUT2D eigenvalue weighted by Gasteiger charge is 2.09. The standard InChI is InChI=1S/C11H16BrN/c1-4-11(13-3)9-6-5-8(2)7-10(9)12/h5-7,11,13H,4H2,1-3H3. The summed E-state index contributed by atoms with van der Waals surface area (Å²) in [6, 6.07) is 6.95. The third-order valence-electron chi connectivity index (χ3n) is 2.29. The first kappa shape index (κ1) is 10.7. The summed E-state index contributed by atoms with van der Waals surface area (Å²) in [4.78, 5) is 0. The van der Waals surface area contributed by atoms with Crippen LogP contribution >= 0.6 is 15.9 Å². The number of aryl methyl sites for hydroxylation is 1. The molecule has 1 rings (SSSR count). The number of hydrogen-bond acceptors (Lipinski definition) is 1. The summed E-state index contributed by atoms with van der Waals surface area (Å²) in [6.07, 6.45) is 1.11. The molecule has 13 heavy (non-hydrogen) atoms. The molecule has 0 radical (unpaired) electrons. The van der Waals surface area contributed by atoms with Gasteiger partial charge in [-0.15, -0.1) is 0 Å². The maximum atomic E-state index is 3.59. The van der Waals surface area contributed by atoms with Gasteiger partial charge < -0.3 is 5.32 Å². The van der Waals surface area contributed by atoms with Crippen LogP contribution in [0.2, 0.25) is 0 Å². The van der Waals surface area contributed by atoms with Crippen molar-refractivity contribution >= 4 is 15.9 Å². The minimum Gasteiger partial charge on any atom is -0.313 e. The largest absolute Gasteiger partial charge is 0.313 e. The van der Waals surface area contributed by atoms with E-state index in [1.807, 2.05) is 7.05 Å². The molecule has 0 bridgehead atoms. The lowest BCUT2D eigenvalue weighted by molar-refractivity contribution is 0.574. The van der Waals surface area contributed by atoms with Crippen molar-refractivity contribution in [3.8, 4) is 0 Å². The highest BCUT2D eigenvalue weighted by atomic mass is 79.9. The first-order valence-electron chi connectivity index (χ1n) is 4.62. The summed E-state index contributed by atoms with van der Waals surface area (Å²) in [5.41, 5.74) is 2.64. The van der Waals surface area contributed by atoms with Gasteiger partial charge in [-0.25, -0.2) is 0 Å². The average Bonchev–Trinajstić information content (AvgIpc) is 2.10. The van der Waals surface area contributed by atoms with Gasteiger partial charge in [-0.2, -0.15) is 0 Å². The van der Waals surface area contributed by atoms with Crippen LogP contribution in [0.3, 0.4) is 0 Å². The molecular weight excluding hydrogens is 226 g/mol. The van der Waals surface area contributed by atoms with Crippen molar-refractivity contribution in [3.63, 3.8) is 0 Å². The molecule has 2 heteroatoms. The molecule has 0 aliphatic rings. The smallest absolute Gasteiger partial charge is 0.0326 e. The minimum absolute atomic E-state index is 0.454. The second-order valence-electron chi connectivity index (χ2n) is 3.27. The molecule has 1 unspecified atom stereocenters. The van der Waals surface area contributed by atoms with Gasteiger partial charge in [0.2, 0.25) is 0 Å². The molecule has 0 amide bonds. The summed E-state index contributed by atoms with van der Waals surface area (Å²) in [5.74, 6) is 0. The van der Waals surface area contributed by atoms with Gasteiger partial charge in [0.25, 0.3) is 0 Å². The zero-order valence-corrected chi connectivity index (χ0v) is 9.98. The Morgan fingerprint density at radius 1 is 1.46 bits per heavy atom. The molecule has 72 valence electrons. The van der Waals surface area contributed by atoms with Crippen molar-refractivity contribution in [3.05, 3.63) is 33.8 Å². The van der Waals surface area contributed by atoms with E-state index in [-0.39, 0.29) is 0 Å². The summed E-state index contributed by atoms with van der Waals surface area (Å²) in [5, 5.41) is 3.30. The summed E-state index contributed by atoms with van der Waals surface area (Å²) >= 11 is 3.59. The van der Waals surface area contributed by atoms with Gasteiger partial charge in [-0.05, 0) is 37.6 Å². The monoisotopic (exact) mass is 241 g/mol. The summed E-state index contributed by atoms with van der Waals surface area (Å²) in [6.45, 7) is 4.29. The van der Waals surface area contributed by atoms with Crippen LogP contribution in [0.25, 0.3) is 0 Å². The lowest BCUT2D eigenvalue weighted by Crippen LogP contribution is -2.15. The van der Waals surface area contributed by atoms with Gasteiger partial charge in [-0.1, -0.05) is 35.0 Å². The van der Waals surface area contributed by atoms with Gasteiger partial charge in [0, 0.05) is 10.5 Å². The van der Waals surface area contributed by atoms with Crippen LogP contribution in [-0.4, -0.2) is 7.05 Å². The second-order valence-corrected chi connectivity index (χ2v) is 4.13. The zero-order valence-electron chi connectivity index (χ0n) is 8.39. The Labute approximate surface area is 88.7 Å². The Morgan fingerprint density at radius 2 is 2.15 bits per heavy atom. The van der Waals surface area contributed by atoms with E-state index < -0.39 is 0 Å².